The number of hydrogen-bond acceptors (Lipinski definition) is 4. The number of carbonyl (C=O) groups excluding carboxylic acids is 2. The first-order chi connectivity index (χ1) is 12.5. The number of aryl methyl sites for hydroxylation is 1. The number of ether oxygens (including phenoxy) is 1. The maximum Gasteiger partial charge on any atom is 0.310 e. The summed E-state index contributed by atoms with van der Waals surface area (Å²) in [7, 11) is 1.39. The van der Waals surface area contributed by atoms with Gasteiger partial charge in [-0.25, -0.2) is 0 Å². The van der Waals surface area contributed by atoms with Crippen LogP contribution in [0.3, 0.4) is 0 Å². The molecule has 1 fully saturated rings. The van der Waals surface area contributed by atoms with Crippen molar-refractivity contribution in [2.24, 2.45) is 5.92 Å². The lowest BCUT2D eigenvalue weighted by molar-refractivity contribution is -0.145. The largest absolute Gasteiger partial charge is 0.469 e. The highest BCUT2D eigenvalue weighted by molar-refractivity contribution is 5.94. The van der Waals surface area contributed by atoms with Crippen molar-refractivity contribution in [2.45, 2.75) is 39.5 Å². The van der Waals surface area contributed by atoms with E-state index in [1.54, 1.807) is 4.90 Å². The van der Waals surface area contributed by atoms with E-state index in [0.717, 1.165) is 24.9 Å². The van der Waals surface area contributed by atoms with Gasteiger partial charge >= 0.3 is 5.97 Å². The van der Waals surface area contributed by atoms with Crippen molar-refractivity contribution >= 4 is 11.9 Å². The van der Waals surface area contributed by atoms with Gasteiger partial charge in [0.15, 0.2) is 0 Å². The minimum Gasteiger partial charge on any atom is -0.469 e. The van der Waals surface area contributed by atoms with E-state index in [0.29, 0.717) is 18.7 Å². The van der Waals surface area contributed by atoms with Crippen LogP contribution in [-0.4, -0.2) is 61.5 Å². The monoisotopic (exact) mass is 360 g/mol. The summed E-state index contributed by atoms with van der Waals surface area (Å²) in [6, 6.07) is 7.63. The van der Waals surface area contributed by atoms with Gasteiger partial charge in [-0.15, -0.1) is 0 Å². The average molecular weight is 360 g/mol. The van der Waals surface area contributed by atoms with E-state index in [4.69, 9.17) is 4.74 Å². The van der Waals surface area contributed by atoms with Crippen molar-refractivity contribution in [1.82, 2.24) is 9.80 Å². The Hall–Kier alpha value is -1.88. The molecule has 5 nitrogen and oxygen atoms in total. The van der Waals surface area contributed by atoms with E-state index in [1.807, 2.05) is 38.1 Å². The van der Waals surface area contributed by atoms with Gasteiger partial charge in [0.25, 0.3) is 5.91 Å². The van der Waals surface area contributed by atoms with Crippen LogP contribution in [0.1, 0.15) is 48.5 Å². The molecule has 2 rings (SSSR count). The first-order valence-electron chi connectivity index (χ1n) is 9.67. The molecule has 5 heteroatoms. The van der Waals surface area contributed by atoms with Gasteiger partial charge in [-0.2, -0.15) is 0 Å². The molecule has 0 radical (unpaired) electrons. The second-order valence-corrected chi connectivity index (χ2v) is 7.30. The van der Waals surface area contributed by atoms with Crippen molar-refractivity contribution in [2.75, 3.05) is 39.8 Å². The van der Waals surface area contributed by atoms with Gasteiger partial charge in [0, 0.05) is 18.7 Å². The summed E-state index contributed by atoms with van der Waals surface area (Å²) >= 11 is 0. The Morgan fingerprint density at radius 2 is 1.96 bits per heavy atom. The van der Waals surface area contributed by atoms with E-state index in [2.05, 4.69) is 4.90 Å². The van der Waals surface area contributed by atoms with Gasteiger partial charge in [0.2, 0.25) is 0 Å². The molecule has 0 bridgehead atoms. The third kappa shape index (κ3) is 6.13. The van der Waals surface area contributed by atoms with Crippen LogP contribution in [0.4, 0.5) is 0 Å². The number of nitrogens with zero attached hydrogens (tertiary/aromatic N) is 2. The Balaban J connectivity index is 1.95. The van der Waals surface area contributed by atoms with Crippen LogP contribution < -0.4 is 0 Å². The minimum absolute atomic E-state index is 0.00868. The number of carbonyl (C=O) groups is 2. The first-order valence-corrected chi connectivity index (χ1v) is 9.67. The molecule has 1 heterocycles. The Labute approximate surface area is 157 Å². The minimum atomic E-state index is -0.327. The van der Waals surface area contributed by atoms with E-state index in [9.17, 15) is 9.59 Å². The highest BCUT2D eigenvalue weighted by Crippen LogP contribution is 2.13. The smallest absolute Gasteiger partial charge is 0.310 e. The summed E-state index contributed by atoms with van der Waals surface area (Å²) in [5, 5.41) is 0. The summed E-state index contributed by atoms with van der Waals surface area (Å²) in [6.07, 6.45) is 4.62. The van der Waals surface area contributed by atoms with Crippen molar-refractivity contribution in [1.29, 1.82) is 0 Å². The number of unbranched alkanes of at least 4 members (excludes halogenated alkanes) is 1. The molecule has 1 amide bonds. The van der Waals surface area contributed by atoms with E-state index in [1.165, 1.54) is 33.0 Å². The average Bonchev–Trinajstić information content (AvgIpc) is 3.16. The number of rotatable bonds is 9. The van der Waals surface area contributed by atoms with Crippen LogP contribution in [0.25, 0.3) is 0 Å². The molecule has 26 heavy (non-hydrogen) atoms. The fourth-order valence-corrected chi connectivity index (χ4v) is 3.49. The normalized spacial score (nSPS) is 15.7. The third-order valence-electron chi connectivity index (χ3n) is 5.00. The van der Waals surface area contributed by atoms with Crippen LogP contribution in [0.2, 0.25) is 0 Å². The van der Waals surface area contributed by atoms with Gasteiger partial charge < -0.3 is 14.5 Å². The van der Waals surface area contributed by atoms with Crippen LogP contribution in [0.15, 0.2) is 24.3 Å². The van der Waals surface area contributed by atoms with Gasteiger partial charge in [-0.05, 0) is 64.4 Å². The predicted molar refractivity (Wildman–Crippen MR) is 103 cm³/mol. The molecule has 1 aliphatic rings. The Morgan fingerprint density at radius 3 is 2.62 bits per heavy atom. The molecule has 0 saturated carbocycles. The third-order valence-corrected chi connectivity index (χ3v) is 5.00. The number of amides is 1. The molecule has 0 N–H and O–H groups in total. The molecule has 1 saturated heterocycles. The lowest BCUT2D eigenvalue weighted by Gasteiger charge is -2.26. The Morgan fingerprint density at radius 1 is 1.23 bits per heavy atom. The number of methoxy groups -OCH3 is 1. The zero-order valence-electron chi connectivity index (χ0n) is 16.4. The molecule has 0 aromatic heterocycles. The predicted octanol–water partition coefficient (Wildman–Crippen LogP) is 3.12. The summed E-state index contributed by atoms with van der Waals surface area (Å²) in [6.45, 7) is 8.35. The summed E-state index contributed by atoms with van der Waals surface area (Å²) in [5.74, 6) is -0.609. The van der Waals surface area contributed by atoms with E-state index in [-0.39, 0.29) is 17.8 Å². The van der Waals surface area contributed by atoms with Gasteiger partial charge in [0.05, 0.1) is 13.0 Å². The van der Waals surface area contributed by atoms with E-state index >= 15 is 0 Å². The quantitative estimate of drug-likeness (QED) is 0.501. The molecule has 1 aliphatic heterocycles. The summed E-state index contributed by atoms with van der Waals surface area (Å²) < 4.78 is 4.83. The number of likely N-dealkylation sites (tertiary alicyclic amines) is 1. The van der Waals surface area contributed by atoms with Crippen LogP contribution in [0, 0.1) is 12.8 Å². The molecule has 1 unspecified atom stereocenters. The maximum atomic E-state index is 13.0. The molecule has 1 aromatic rings. The zero-order chi connectivity index (χ0) is 18.9. The second kappa shape index (κ2) is 10.3. The molecule has 144 valence electrons. The molecule has 0 aliphatic carbocycles. The number of benzene rings is 1. The lowest BCUT2D eigenvalue weighted by Crippen LogP contribution is -2.38. The van der Waals surface area contributed by atoms with Crippen LogP contribution in [-0.2, 0) is 9.53 Å². The molecule has 1 atom stereocenters. The van der Waals surface area contributed by atoms with E-state index < -0.39 is 0 Å². The fourth-order valence-electron chi connectivity index (χ4n) is 3.49. The van der Waals surface area contributed by atoms with Gasteiger partial charge in [0.1, 0.15) is 0 Å². The number of esters is 1. The van der Waals surface area contributed by atoms with Gasteiger partial charge in [-0.3, -0.25) is 9.59 Å². The Bertz CT molecular complexity index is 597. The summed E-state index contributed by atoms with van der Waals surface area (Å²) in [4.78, 5) is 29.1. The van der Waals surface area contributed by atoms with Crippen molar-refractivity contribution in [3.63, 3.8) is 0 Å². The second-order valence-electron chi connectivity index (χ2n) is 7.30. The van der Waals surface area contributed by atoms with Crippen LogP contribution >= 0.6 is 0 Å². The van der Waals surface area contributed by atoms with Crippen molar-refractivity contribution in [3.05, 3.63) is 35.4 Å². The van der Waals surface area contributed by atoms with Crippen LogP contribution in [0.5, 0.6) is 0 Å². The van der Waals surface area contributed by atoms with Crippen molar-refractivity contribution < 1.29 is 14.3 Å². The fraction of sp³-hybridized carbons (Fsp3) is 0.619. The maximum absolute atomic E-state index is 13.0. The van der Waals surface area contributed by atoms with Gasteiger partial charge in [-0.1, -0.05) is 24.6 Å². The molecule has 1 aromatic carbocycles. The topological polar surface area (TPSA) is 49.9 Å². The molecular weight excluding hydrogens is 328 g/mol. The highest BCUT2D eigenvalue weighted by Gasteiger charge is 2.22. The highest BCUT2D eigenvalue weighted by atomic mass is 16.5. The Kier molecular flexibility index (Phi) is 8.10. The standard InChI is InChI=1S/C21H32N2O3/c1-17-9-8-10-19(15-17)20(24)23(16-18(2)21(25)26-3)14-7-6-13-22-11-4-5-12-22/h8-10,15,18H,4-7,11-14,16H2,1-3H3. The summed E-state index contributed by atoms with van der Waals surface area (Å²) in [5.41, 5.74) is 1.74. The molecular formula is C21H32N2O3. The SMILES string of the molecule is COC(=O)C(C)CN(CCCCN1CCCC1)C(=O)c1cccc(C)c1. The zero-order valence-corrected chi connectivity index (χ0v) is 16.4. The molecule has 0 spiro atoms. The van der Waals surface area contributed by atoms with Crippen molar-refractivity contribution in [3.8, 4) is 0 Å². The first kappa shape index (κ1) is 20.4. The lowest BCUT2D eigenvalue weighted by atomic mass is 10.1. The number of hydrogen-bond donors (Lipinski definition) is 0.